The minimum atomic E-state index is -0.631. The van der Waals surface area contributed by atoms with Crippen LogP contribution in [0.2, 0.25) is 0 Å². The number of carbonyl (C=O) groups is 2. The second kappa shape index (κ2) is 59.2. The van der Waals surface area contributed by atoms with Crippen molar-refractivity contribution in [2.75, 3.05) is 33.2 Å². The molecule has 0 aromatic heterocycles. The highest BCUT2D eigenvalue weighted by Gasteiger charge is 2.04. The van der Waals surface area contributed by atoms with Crippen LogP contribution in [0.4, 0.5) is 9.59 Å². The molecule has 3 N–H and O–H groups in total. The topological polar surface area (TPSA) is 156 Å². The van der Waals surface area contributed by atoms with E-state index in [-0.39, 0.29) is 48.0 Å². The number of aliphatic imine (C=N–C) groups is 2. The van der Waals surface area contributed by atoms with E-state index < -0.39 is 12.2 Å². The molecule has 0 aliphatic heterocycles. The molecule has 286 valence electrons. The number of amides is 2. The lowest BCUT2D eigenvalue weighted by molar-refractivity contribution is 0.147. The Balaban J connectivity index is -0.0000000740. The van der Waals surface area contributed by atoms with Gasteiger partial charge in [-0.25, -0.2) is 19.2 Å². The number of aliphatic hydroxyl groups excluding tert-OH is 1. The first-order chi connectivity index (χ1) is 22.2. The van der Waals surface area contributed by atoms with Gasteiger partial charge in [0.1, 0.15) is 13.2 Å². The third kappa shape index (κ3) is 99.0. The lowest BCUT2D eigenvalue weighted by Crippen LogP contribution is -2.38. The van der Waals surface area contributed by atoms with Crippen molar-refractivity contribution in [1.29, 1.82) is 0 Å². The minimum Gasteiger partial charge on any atom is -0.445 e. The van der Waals surface area contributed by atoms with Gasteiger partial charge in [0.15, 0.2) is 6.67 Å². The molecule has 0 rings (SSSR count). The summed E-state index contributed by atoms with van der Waals surface area (Å²) < 4.78 is 9.46. The fraction of sp³-hybridized carbons (Fsp3) is 0.579. The van der Waals surface area contributed by atoms with E-state index in [4.69, 9.17) is 14.6 Å². The number of ether oxygens (including phenoxy) is 2. The molecule has 0 radical (unpaired) electrons. The molecular weight excluding hydrogens is 624 g/mol. The number of hydrogen-bond acceptors (Lipinski definition) is 9. The number of nitrogens with zero attached hydrogens (tertiary/aromatic N) is 2. The van der Waals surface area contributed by atoms with Crippen molar-refractivity contribution in [2.24, 2.45) is 15.9 Å². The zero-order valence-electron chi connectivity index (χ0n) is 30.7. The predicted molar refractivity (Wildman–Crippen MR) is 209 cm³/mol. The minimum absolute atomic E-state index is 0. The third-order valence-electron chi connectivity index (χ3n) is 4.23. The van der Waals surface area contributed by atoms with Gasteiger partial charge in [0, 0.05) is 0 Å². The Bertz CT molecular complexity index is 876. The van der Waals surface area contributed by atoms with Crippen LogP contribution < -0.4 is 10.6 Å². The summed E-state index contributed by atoms with van der Waals surface area (Å²) in [7, 11) is 0. The molecule has 0 bridgehead atoms. The van der Waals surface area contributed by atoms with Crippen molar-refractivity contribution in [3.63, 3.8) is 0 Å². The monoisotopic (exact) mass is 697 g/mol. The number of rotatable bonds is 15. The van der Waals surface area contributed by atoms with Gasteiger partial charge in [-0.1, -0.05) is 119 Å². The molecule has 0 fully saturated rings. The fourth-order valence-corrected chi connectivity index (χ4v) is 1.59. The van der Waals surface area contributed by atoms with Crippen LogP contribution in [0.25, 0.3) is 0 Å². The van der Waals surface area contributed by atoms with Gasteiger partial charge in [0.2, 0.25) is 12.2 Å². The Morgan fingerprint density at radius 2 is 1.04 bits per heavy atom. The van der Waals surface area contributed by atoms with Crippen LogP contribution in [-0.4, -0.2) is 62.6 Å². The average molecular weight is 697 g/mol. The molecule has 1 unspecified atom stereocenters. The summed E-state index contributed by atoms with van der Waals surface area (Å²) >= 11 is 0. The predicted octanol–water partition coefficient (Wildman–Crippen LogP) is 9.93. The molecule has 0 spiro atoms. The molecule has 49 heavy (non-hydrogen) atoms. The number of isocyanates is 2. The van der Waals surface area contributed by atoms with Crippen molar-refractivity contribution in [1.82, 2.24) is 10.6 Å². The Morgan fingerprint density at radius 1 is 0.735 bits per heavy atom. The highest BCUT2D eigenvalue weighted by molar-refractivity contribution is 5.70. The number of aliphatic hydroxyl groups is 1. The summed E-state index contributed by atoms with van der Waals surface area (Å²) in [6, 6.07) is 0. The molecule has 0 saturated heterocycles. The number of alkyl carbamates (subject to hydrolysis) is 2. The largest absolute Gasteiger partial charge is 0.445 e. The van der Waals surface area contributed by atoms with Crippen molar-refractivity contribution < 1.29 is 33.8 Å². The molecule has 1 atom stereocenters. The van der Waals surface area contributed by atoms with Gasteiger partial charge in [-0.05, 0) is 63.5 Å². The first-order valence-electron chi connectivity index (χ1n) is 15.6. The van der Waals surface area contributed by atoms with Gasteiger partial charge in [-0.3, -0.25) is 0 Å². The molecule has 0 saturated carbocycles. The molecule has 11 heteroatoms. The summed E-state index contributed by atoms with van der Waals surface area (Å²) in [5.74, 6) is 0.699. The summed E-state index contributed by atoms with van der Waals surface area (Å²) in [6.45, 7) is 32.5. The van der Waals surface area contributed by atoms with Crippen molar-refractivity contribution in [3.05, 3.63) is 73.4 Å². The summed E-state index contributed by atoms with van der Waals surface area (Å²) in [5, 5.41) is 12.7. The van der Waals surface area contributed by atoms with Crippen LogP contribution in [0, 0.1) is 5.92 Å². The number of carbonyl (C=O) groups excluding carboxylic acids is 4. The third-order valence-corrected chi connectivity index (χ3v) is 4.23. The molecule has 0 aliphatic carbocycles. The van der Waals surface area contributed by atoms with Gasteiger partial charge >= 0.3 is 12.2 Å². The van der Waals surface area contributed by atoms with E-state index >= 15 is 0 Å². The molecule has 0 aromatic carbocycles. The average Bonchev–Trinajstić information content (AvgIpc) is 3.05. The Morgan fingerprint density at radius 3 is 1.20 bits per heavy atom. The first-order valence-corrected chi connectivity index (χ1v) is 15.6. The second-order valence-electron chi connectivity index (χ2n) is 9.55. The van der Waals surface area contributed by atoms with Gasteiger partial charge in [0.25, 0.3) is 0 Å². The van der Waals surface area contributed by atoms with E-state index in [9.17, 15) is 19.2 Å². The van der Waals surface area contributed by atoms with Crippen molar-refractivity contribution in [3.8, 4) is 0 Å². The normalized spacial score (nSPS) is 8.94. The van der Waals surface area contributed by atoms with Crippen LogP contribution in [0.15, 0.2) is 83.4 Å². The molecule has 0 aliphatic rings. The van der Waals surface area contributed by atoms with E-state index in [2.05, 4.69) is 113 Å². The quantitative estimate of drug-likeness (QED) is 0.0666. The number of hydrogen-bond donors (Lipinski definition) is 3. The molecule has 2 amide bonds. The molecular formula is C38H72N4O7. The van der Waals surface area contributed by atoms with E-state index in [0.717, 1.165) is 16.7 Å². The van der Waals surface area contributed by atoms with E-state index in [1.165, 1.54) is 44.3 Å². The lowest BCUT2D eigenvalue weighted by Gasteiger charge is -2.08. The van der Waals surface area contributed by atoms with Crippen LogP contribution in [0.3, 0.4) is 0 Å². The Labute approximate surface area is 300 Å². The van der Waals surface area contributed by atoms with E-state index in [0.29, 0.717) is 5.92 Å². The summed E-state index contributed by atoms with van der Waals surface area (Å²) in [4.78, 5) is 46.3. The maximum Gasteiger partial charge on any atom is 0.408 e. The van der Waals surface area contributed by atoms with Gasteiger partial charge in [-0.2, -0.15) is 9.98 Å². The number of nitrogens with one attached hydrogen (secondary N) is 2. The molecule has 11 nitrogen and oxygen atoms in total. The van der Waals surface area contributed by atoms with E-state index in [1.807, 2.05) is 6.08 Å². The van der Waals surface area contributed by atoms with Crippen LogP contribution in [-0.2, 0) is 19.1 Å². The Hall–Kier alpha value is -4.30. The van der Waals surface area contributed by atoms with Crippen LogP contribution in [0.5, 0.6) is 0 Å². The van der Waals surface area contributed by atoms with Gasteiger partial charge in [-0.15, -0.1) is 6.58 Å². The smallest absolute Gasteiger partial charge is 0.408 e. The lowest BCUT2D eigenvalue weighted by atomic mass is 10.1. The van der Waals surface area contributed by atoms with E-state index in [1.54, 1.807) is 20.8 Å². The zero-order valence-corrected chi connectivity index (χ0v) is 30.7. The Kier molecular flexibility index (Phi) is 76.5. The molecule has 0 aromatic rings. The van der Waals surface area contributed by atoms with Crippen molar-refractivity contribution >= 4 is 24.3 Å². The molecule has 0 heterocycles. The van der Waals surface area contributed by atoms with Crippen LogP contribution in [0.1, 0.15) is 109 Å². The second-order valence-corrected chi connectivity index (χ2v) is 9.55. The number of allylic oxidation sites excluding steroid dienone is 5. The van der Waals surface area contributed by atoms with Crippen molar-refractivity contribution in [2.45, 2.75) is 109 Å². The van der Waals surface area contributed by atoms with Gasteiger partial charge < -0.3 is 25.2 Å². The summed E-state index contributed by atoms with van der Waals surface area (Å²) in [5.41, 5.74) is 2.27. The summed E-state index contributed by atoms with van der Waals surface area (Å²) in [6.07, 6.45) is 17.8. The van der Waals surface area contributed by atoms with Crippen LogP contribution >= 0.6 is 0 Å². The highest BCUT2D eigenvalue weighted by atomic mass is 16.6. The fourth-order valence-electron chi connectivity index (χ4n) is 1.59. The first kappa shape index (κ1) is 63.4. The maximum atomic E-state index is 11.0. The SMILES string of the molecule is C.C.C=C(C)CO.C=C(C)COC(=O)NCNC(=O)OCC(=C)C.C=CC(C)CC.CC/C=C/CC.CC/C=C\CC.O=C=NCN=C=O. The standard InChI is InChI=1S/C11H18N2O4.3C6H12.C4H8O.C3H2N2O2.2CH4/c1-8(2)5-16-10(14)12-7-13-11(15)17-6-9(3)4;1-4-6(3)5-2;2*1-3-5-6-4-2;1-4(2)3-5;6-2-4-1-5-3-7;;/h1,3,5-7H2,2,4H3,(H,12,14)(H,13,15);4,6H,1,5H2,2-3H3;2*5-6H,3-4H2,1-2H3;5H,1,3H2,2H3;1H2;2*1H4/b;;6-5+;6-5-;;;;. The maximum absolute atomic E-state index is 11.0. The van der Waals surface area contributed by atoms with Gasteiger partial charge in [0.05, 0.1) is 13.3 Å². The highest BCUT2D eigenvalue weighted by Crippen LogP contribution is 1.98. The zero-order chi connectivity index (χ0) is 37.7.